The number of benzene rings is 2. The lowest BCUT2D eigenvalue weighted by molar-refractivity contribution is -0.131. The Balaban J connectivity index is 1.75. The lowest BCUT2D eigenvalue weighted by atomic mass is 10.1. The van der Waals surface area contributed by atoms with E-state index < -0.39 is 0 Å². The van der Waals surface area contributed by atoms with Crippen LogP contribution in [0.2, 0.25) is 0 Å². The fourth-order valence-electron chi connectivity index (χ4n) is 2.47. The summed E-state index contributed by atoms with van der Waals surface area (Å²) in [7, 11) is 1.85. The number of carbonyl (C=O) groups is 1. The first-order valence-corrected chi connectivity index (χ1v) is 6.63. The summed E-state index contributed by atoms with van der Waals surface area (Å²) in [5.74, 6) is 0.214. The molecule has 0 aliphatic heterocycles. The third kappa shape index (κ3) is 2.47. The SMILES string of the molecule is CN(Cc1ccc2ccccc2c1)C(=O)C1CC1N. The van der Waals surface area contributed by atoms with Crippen molar-refractivity contribution in [1.29, 1.82) is 0 Å². The predicted molar refractivity (Wildman–Crippen MR) is 76.5 cm³/mol. The molecule has 2 atom stereocenters. The molecular formula is C16H18N2O. The van der Waals surface area contributed by atoms with Gasteiger partial charge >= 0.3 is 0 Å². The quantitative estimate of drug-likeness (QED) is 0.912. The average molecular weight is 254 g/mol. The number of nitrogens with zero attached hydrogens (tertiary/aromatic N) is 1. The third-order valence-electron chi connectivity index (χ3n) is 3.77. The number of hydrogen-bond acceptors (Lipinski definition) is 2. The van der Waals surface area contributed by atoms with Crippen molar-refractivity contribution in [3.8, 4) is 0 Å². The molecule has 1 fully saturated rings. The Morgan fingerprint density at radius 1 is 1.26 bits per heavy atom. The number of nitrogens with two attached hydrogens (primary N) is 1. The van der Waals surface area contributed by atoms with Crippen molar-refractivity contribution in [3.63, 3.8) is 0 Å². The van der Waals surface area contributed by atoms with Crippen molar-refractivity contribution in [2.45, 2.75) is 19.0 Å². The number of rotatable bonds is 3. The summed E-state index contributed by atoms with van der Waals surface area (Å²) in [5, 5.41) is 2.44. The van der Waals surface area contributed by atoms with Crippen LogP contribution in [0.3, 0.4) is 0 Å². The molecule has 0 bridgehead atoms. The summed E-state index contributed by atoms with van der Waals surface area (Å²) in [6.07, 6.45) is 0.834. The van der Waals surface area contributed by atoms with Crippen molar-refractivity contribution in [3.05, 3.63) is 48.0 Å². The van der Waals surface area contributed by atoms with Crippen LogP contribution < -0.4 is 5.73 Å². The van der Waals surface area contributed by atoms with E-state index in [1.807, 2.05) is 19.2 Å². The van der Waals surface area contributed by atoms with E-state index >= 15 is 0 Å². The molecule has 3 rings (SSSR count). The molecule has 1 aliphatic rings. The molecule has 2 aromatic rings. The summed E-state index contributed by atoms with van der Waals surface area (Å²) in [6, 6.07) is 14.7. The van der Waals surface area contributed by atoms with Crippen molar-refractivity contribution in [2.75, 3.05) is 7.05 Å². The third-order valence-corrected chi connectivity index (χ3v) is 3.77. The lowest BCUT2D eigenvalue weighted by Gasteiger charge is -2.17. The molecule has 1 saturated carbocycles. The van der Waals surface area contributed by atoms with Crippen LogP contribution in [-0.4, -0.2) is 23.9 Å². The van der Waals surface area contributed by atoms with Gasteiger partial charge in [-0.3, -0.25) is 4.79 Å². The first kappa shape index (κ1) is 12.2. The largest absolute Gasteiger partial charge is 0.341 e. The zero-order valence-corrected chi connectivity index (χ0v) is 11.0. The van der Waals surface area contributed by atoms with Gasteiger partial charge in [-0.05, 0) is 28.8 Å². The number of hydrogen-bond donors (Lipinski definition) is 1. The van der Waals surface area contributed by atoms with E-state index in [2.05, 4.69) is 30.3 Å². The van der Waals surface area contributed by atoms with Crippen LogP contribution in [0, 0.1) is 5.92 Å². The van der Waals surface area contributed by atoms with E-state index in [4.69, 9.17) is 5.73 Å². The smallest absolute Gasteiger partial charge is 0.227 e. The molecule has 0 spiro atoms. The Morgan fingerprint density at radius 2 is 1.95 bits per heavy atom. The molecular weight excluding hydrogens is 236 g/mol. The molecule has 2 N–H and O–H groups in total. The van der Waals surface area contributed by atoms with Gasteiger partial charge in [-0.1, -0.05) is 36.4 Å². The Kier molecular flexibility index (Phi) is 2.99. The molecule has 19 heavy (non-hydrogen) atoms. The van der Waals surface area contributed by atoms with Gasteiger partial charge in [0.15, 0.2) is 0 Å². The van der Waals surface area contributed by atoms with E-state index in [1.54, 1.807) is 4.90 Å². The number of carbonyl (C=O) groups excluding carboxylic acids is 1. The van der Waals surface area contributed by atoms with E-state index in [9.17, 15) is 4.79 Å². The first-order valence-electron chi connectivity index (χ1n) is 6.63. The fraction of sp³-hybridized carbons (Fsp3) is 0.312. The van der Waals surface area contributed by atoms with Gasteiger partial charge in [0, 0.05) is 19.6 Å². The molecule has 3 nitrogen and oxygen atoms in total. The molecule has 0 radical (unpaired) electrons. The van der Waals surface area contributed by atoms with E-state index in [0.29, 0.717) is 6.54 Å². The van der Waals surface area contributed by atoms with Crippen LogP contribution >= 0.6 is 0 Å². The maximum Gasteiger partial charge on any atom is 0.227 e. The highest BCUT2D eigenvalue weighted by Gasteiger charge is 2.41. The summed E-state index contributed by atoms with van der Waals surface area (Å²) >= 11 is 0. The predicted octanol–water partition coefficient (Wildman–Crippen LogP) is 2.15. The number of amides is 1. The Bertz CT molecular complexity index is 623. The van der Waals surface area contributed by atoms with E-state index in [1.165, 1.54) is 10.8 Å². The van der Waals surface area contributed by atoms with E-state index in [-0.39, 0.29) is 17.9 Å². The molecule has 2 unspecified atom stereocenters. The molecule has 98 valence electrons. The molecule has 0 saturated heterocycles. The van der Waals surface area contributed by atoms with Crippen LogP contribution in [0.5, 0.6) is 0 Å². The Labute approximate surface area is 113 Å². The maximum absolute atomic E-state index is 12.0. The highest BCUT2D eigenvalue weighted by atomic mass is 16.2. The fourth-order valence-corrected chi connectivity index (χ4v) is 2.47. The maximum atomic E-state index is 12.0. The van der Waals surface area contributed by atoms with Gasteiger partial charge < -0.3 is 10.6 Å². The van der Waals surface area contributed by atoms with Crippen LogP contribution in [0.1, 0.15) is 12.0 Å². The molecule has 1 aliphatic carbocycles. The zero-order valence-electron chi connectivity index (χ0n) is 11.0. The second kappa shape index (κ2) is 4.67. The summed E-state index contributed by atoms with van der Waals surface area (Å²) in [4.78, 5) is 13.8. The van der Waals surface area contributed by atoms with Gasteiger partial charge in [0.2, 0.25) is 5.91 Å². The average Bonchev–Trinajstić information content (AvgIpc) is 3.15. The van der Waals surface area contributed by atoms with Crippen LogP contribution in [0.15, 0.2) is 42.5 Å². The number of fused-ring (bicyclic) bond motifs is 1. The Hall–Kier alpha value is -1.87. The highest BCUT2D eigenvalue weighted by Crippen LogP contribution is 2.30. The molecule has 0 aromatic heterocycles. The van der Waals surface area contributed by atoms with Gasteiger partial charge in [0.25, 0.3) is 0 Å². The standard InChI is InChI=1S/C16H18N2O/c1-18(16(19)14-9-15(14)17)10-11-6-7-12-4-2-3-5-13(12)8-11/h2-8,14-15H,9-10,17H2,1H3. The first-order chi connectivity index (χ1) is 9.15. The van der Waals surface area contributed by atoms with Crippen LogP contribution in [0.25, 0.3) is 10.8 Å². The topological polar surface area (TPSA) is 46.3 Å². The summed E-state index contributed by atoms with van der Waals surface area (Å²) < 4.78 is 0. The molecule has 3 heteroatoms. The van der Waals surface area contributed by atoms with Gasteiger partial charge in [-0.2, -0.15) is 0 Å². The minimum absolute atomic E-state index is 0.0467. The highest BCUT2D eigenvalue weighted by molar-refractivity contribution is 5.84. The van der Waals surface area contributed by atoms with Crippen molar-refractivity contribution in [1.82, 2.24) is 4.90 Å². The van der Waals surface area contributed by atoms with Crippen LogP contribution in [-0.2, 0) is 11.3 Å². The molecule has 2 aromatic carbocycles. The van der Waals surface area contributed by atoms with Crippen molar-refractivity contribution >= 4 is 16.7 Å². The minimum atomic E-state index is 0.0467. The van der Waals surface area contributed by atoms with Gasteiger partial charge in [-0.25, -0.2) is 0 Å². The second-order valence-electron chi connectivity index (χ2n) is 5.38. The molecule has 0 heterocycles. The Morgan fingerprint density at radius 3 is 2.63 bits per heavy atom. The minimum Gasteiger partial charge on any atom is -0.341 e. The summed E-state index contributed by atoms with van der Waals surface area (Å²) in [5.41, 5.74) is 6.88. The monoisotopic (exact) mass is 254 g/mol. The molecule has 1 amide bonds. The van der Waals surface area contributed by atoms with Crippen molar-refractivity contribution < 1.29 is 4.79 Å². The normalized spacial score (nSPS) is 21.4. The van der Waals surface area contributed by atoms with Crippen molar-refractivity contribution in [2.24, 2.45) is 11.7 Å². The second-order valence-corrected chi connectivity index (χ2v) is 5.38. The van der Waals surface area contributed by atoms with Crippen LogP contribution in [0.4, 0.5) is 0 Å². The van der Waals surface area contributed by atoms with Gasteiger partial charge in [0.05, 0.1) is 5.92 Å². The van der Waals surface area contributed by atoms with Gasteiger partial charge in [-0.15, -0.1) is 0 Å². The van der Waals surface area contributed by atoms with E-state index in [0.717, 1.165) is 12.0 Å². The zero-order chi connectivity index (χ0) is 13.4. The van der Waals surface area contributed by atoms with Gasteiger partial charge in [0.1, 0.15) is 0 Å². The lowest BCUT2D eigenvalue weighted by Crippen LogP contribution is -2.29. The summed E-state index contributed by atoms with van der Waals surface area (Å²) in [6.45, 7) is 0.646.